The number of benzene rings is 1. The lowest BCUT2D eigenvalue weighted by Gasteiger charge is -2.16. The van der Waals surface area contributed by atoms with Gasteiger partial charge in [-0.05, 0) is 25.0 Å². The molecule has 0 saturated heterocycles. The Morgan fingerprint density at radius 2 is 1.82 bits per heavy atom. The van der Waals surface area contributed by atoms with Crippen molar-refractivity contribution in [3.8, 4) is 11.5 Å². The number of methoxy groups -OCH3 is 1. The summed E-state index contributed by atoms with van der Waals surface area (Å²) in [6.07, 6.45) is 1.14. The van der Waals surface area contributed by atoms with E-state index in [1.807, 2.05) is 13.8 Å². The van der Waals surface area contributed by atoms with Crippen LogP contribution in [0.2, 0.25) is 0 Å². The number of anilines is 1. The summed E-state index contributed by atoms with van der Waals surface area (Å²) >= 11 is 0. The molecule has 6 nitrogen and oxygen atoms in total. The number of amides is 1. The van der Waals surface area contributed by atoms with Crippen LogP contribution in [0.3, 0.4) is 0 Å². The minimum absolute atomic E-state index is 0.124. The Hall–Kier alpha value is -1.79. The molecule has 0 radical (unpaired) electrons. The van der Waals surface area contributed by atoms with Gasteiger partial charge in [-0.2, -0.15) is 0 Å². The topological polar surface area (TPSA) is 82.8 Å². The number of hydrogen-bond donors (Lipinski definition) is 2. The second-order valence-electron chi connectivity index (χ2n) is 4.81. The van der Waals surface area contributed by atoms with Gasteiger partial charge < -0.3 is 25.3 Å². The van der Waals surface area contributed by atoms with Crippen LogP contribution in [0.5, 0.6) is 11.5 Å². The number of hydrogen-bond acceptors (Lipinski definition) is 5. The highest BCUT2D eigenvalue weighted by Gasteiger charge is 2.16. The van der Waals surface area contributed by atoms with E-state index in [1.54, 1.807) is 18.2 Å². The maximum Gasteiger partial charge on any atom is 0.254 e. The van der Waals surface area contributed by atoms with Crippen LogP contribution in [0, 0.1) is 0 Å². The van der Waals surface area contributed by atoms with Crippen LogP contribution in [0.4, 0.5) is 5.69 Å². The van der Waals surface area contributed by atoms with E-state index < -0.39 is 6.10 Å². The molecule has 0 aliphatic heterocycles. The molecular formula is C16H26N2O4. The predicted molar refractivity (Wildman–Crippen MR) is 86.5 cm³/mol. The zero-order valence-corrected chi connectivity index (χ0v) is 13.6. The molecule has 3 N–H and O–H groups in total. The molecule has 0 aliphatic rings. The minimum atomic E-state index is -0.670. The van der Waals surface area contributed by atoms with E-state index in [-0.39, 0.29) is 12.5 Å². The van der Waals surface area contributed by atoms with Gasteiger partial charge in [0.25, 0.3) is 5.91 Å². The number of nitrogens with one attached hydrogen (secondary N) is 1. The van der Waals surface area contributed by atoms with E-state index in [0.717, 1.165) is 12.8 Å². The van der Waals surface area contributed by atoms with E-state index in [2.05, 4.69) is 5.32 Å². The fourth-order valence-electron chi connectivity index (χ4n) is 1.77. The first-order valence-electron chi connectivity index (χ1n) is 7.59. The molecule has 0 aromatic heterocycles. The fraction of sp³-hybridized carbons (Fsp3) is 0.562. The van der Waals surface area contributed by atoms with Crippen LogP contribution in [0.1, 0.15) is 26.7 Å². The maximum absolute atomic E-state index is 12.0. The fourth-order valence-corrected chi connectivity index (χ4v) is 1.77. The van der Waals surface area contributed by atoms with Gasteiger partial charge in [0.15, 0.2) is 11.5 Å². The van der Waals surface area contributed by atoms with E-state index >= 15 is 0 Å². The van der Waals surface area contributed by atoms with Crippen molar-refractivity contribution < 1.29 is 19.0 Å². The van der Waals surface area contributed by atoms with Crippen molar-refractivity contribution in [1.82, 2.24) is 0 Å². The van der Waals surface area contributed by atoms with Gasteiger partial charge in [-0.3, -0.25) is 4.79 Å². The molecule has 1 unspecified atom stereocenters. The molecule has 1 atom stereocenters. The Bertz CT molecular complexity index is 461. The molecule has 1 amide bonds. The van der Waals surface area contributed by atoms with Gasteiger partial charge in [0.2, 0.25) is 0 Å². The summed E-state index contributed by atoms with van der Waals surface area (Å²) in [7, 11) is 1.45. The van der Waals surface area contributed by atoms with Gasteiger partial charge >= 0.3 is 0 Å². The van der Waals surface area contributed by atoms with E-state index in [4.69, 9.17) is 19.9 Å². The van der Waals surface area contributed by atoms with E-state index in [1.165, 1.54) is 7.11 Å². The van der Waals surface area contributed by atoms with Crippen molar-refractivity contribution in [3.05, 3.63) is 18.2 Å². The number of ether oxygens (including phenoxy) is 3. The van der Waals surface area contributed by atoms with Crippen LogP contribution in [0.15, 0.2) is 18.2 Å². The van der Waals surface area contributed by atoms with Crippen molar-refractivity contribution in [2.45, 2.75) is 32.8 Å². The van der Waals surface area contributed by atoms with Gasteiger partial charge in [0.05, 0.1) is 13.2 Å². The third-order valence-electron chi connectivity index (χ3n) is 2.93. The molecule has 124 valence electrons. The molecule has 22 heavy (non-hydrogen) atoms. The molecule has 6 heteroatoms. The average Bonchev–Trinajstić information content (AvgIpc) is 2.53. The Kier molecular flexibility index (Phi) is 8.32. The zero-order chi connectivity index (χ0) is 16.4. The molecule has 0 spiro atoms. The molecule has 1 rings (SSSR count). The Labute approximate surface area is 131 Å². The number of carbonyl (C=O) groups excluding carboxylic acids is 1. The minimum Gasteiger partial charge on any atom is -0.490 e. The lowest BCUT2D eigenvalue weighted by atomic mass is 10.2. The SMILES string of the molecule is CCCOc1ccc(NC(=O)C(CN)OC)cc1OCCC. The normalized spacial score (nSPS) is 11.8. The third-order valence-corrected chi connectivity index (χ3v) is 2.93. The van der Waals surface area contributed by atoms with Gasteiger partial charge in [0.1, 0.15) is 6.10 Å². The summed E-state index contributed by atoms with van der Waals surface area (Å²) in [6.45, 7) is 5.40. The summed E-state index contributed by atoms with van der Waals surface area (Å²) < 4.78 is 16.3. The average molecular weight is 310 g/mol. The zero-order valence-electron chi connectivity index (χ0n) is 13.6. The predicted octanol–water partition coefficient (Wildman–Crippen LogP) is 2.18. The molecule has 0 fully saturated rings. The van der Waals surface area contributed by atoms with Crippen LogP contribution < -0.4 is 20.5 Å². The van der Waals surface area contributed by atoms with Gasteiger partial charge in [-0.1, -0.05) is 13.8 Å². The standard InChI is InChI=1S/C16H26N2O4/c1-4-8-21-13-7-6-12(10-14(13)22-9-5-2)18-16(19)15(11-17)20-3/h6-7,10,15H,4-5,8-9,11,17H2,1-3H3,(H,18,19). The molecule has 0 bridgehead atoms. The summed E-state index contributed by atoms with van der Waals surface area (Å²) in [4.78, 5) is 12.0. The molecular weight excluding hydrogens is 284 g/mol. The van der Waals surface area contributed by atoms with Crippen molar-refractivity contribution in [2.75, 3.05) is 32.2 Å². The lowest BCUT2D eigenvalue weighted by molar-refractivity contribution is -0.125. The highest BCUT2D eigenvalue weighted by molar-refractivity contribution is 5.94. The summed E-state index contributed by atoms with van der Waals surface area (Å²) in [6, 6.07) is 5.31. The summed E-state index contributed by atoms with van der Waals surface area (Å²) in [5.41, 5.74) is 6.10. The van der Waals surface area contributed by atoms with Gasteiger partial charge in [0, 0.05) is 25.4 Å². The van der Waals surface area contributed by atoms with Crippen LogP contribution in [0.25, 0.3) is 0 Å². The van der Waals surface area contributed by atoms with E-state index in [0.29, 0.717) is 30.4 Å². The third kappa shape index (κ3) is 5.54. The first-order valence-corrected chi connectivity index (χ1v) is 7.59. The van der Waals surface area contributed by atoms with Crippen LogP contribution in [-0.4, -0.2) is 38.9 Å². The smallest absolute Gasteiger partial charge is 0.254 e. The van der Waals surface area contributed by atoms with Gasteiger partial charge in [-0.15, -0.1) is 0 Å². The van der Waals surface area contributed by atoms with E-state index in [9.17, 15) is 4.79 Å². The van der Waals surface area contributed by atoms with Crippen LogP contribution in [-0.2, 0) is 9.53 Å². The second-order valence-corrected chi connectivity index (χ2v) is 4.81. The maximum atomic E-state index is 12.0. The molecule has 0 saturated carbocycles. The Balaban J connectivity index is 2.85. The molecule has 1 aromatic carbocycles. The highest BCUT2D eigenvalue weighted by Crippen LogP contribution is 2.31. The summed E-state index contributed by atoms with van der Waals surface area (Å²) in [5.74, 6) is 1.01. The van der Waals surface area contributed by atoms with Crippen molar-refractivity contribution in [1.29, 1.82) is 0 Å². The largest absolute Gasteiger partial charge is 0.490 e. The Morgan fingerprint density at radius 1 is 1.18 bits per heavy atom. The van der Waals surface area contributed by atoms with Crippen molar-refractivity contribution in [2.24, 2.45) is 5.73 Å². The van der Waals surface area contributed by atoms with Crippen molar-refractivity contribution >= 4 is 11.6 Å². The molecule has 0 heterocycles. The van der Waals surface area contributed by atoms with Crippen LogP contribution >= 0.6 is 0 Å². The highest BCUT2D eigenvalue weighted by atomic mass is 16.5. The van der Waals surface area contributed by atoms with Gasteiger partial charge in [-0.25, -0.2) is 0 Å². The van der Waals surface area contributed by atoms with Crippen molar-refractivity contribution in [3.63, 3.8) is 0 Å². The second kappa shape index (κ2) is 10.0. The monoisotopic (exact) mass is 310 g/mol. The molecule has 1 aromatic rings. The summed E-state index contributed by atoms with van der Waals surface area (Å²) in [5, 5.41) is 2.76. The quantitative estimate of drug-likeness (QED) is 0.692. The Morgan fingerprint density at radius 3 is 2.36 bits per heavy atom. The lowest BCUT2D eigenvalue weighted by Crippen LogP contribution is -2.35. The number of carbonyl (C=O) groups is 1. The first kappa shape index (κ1) is 18.3. The molecule has 0 aliphatic carbocycles. The number of rotatable bonds is 10. The number of nitrogens with two attached hydrogens (primary N) is 1. The first-order chi connectivity index (χ1) is 10.7.